The zero-order valence-electron chi connectivity index (χ0n) is 16.7. The number of aryl methyl sites for hydroxylation is 1. The van der Waals surface area contributed by atoms with Crippen molar-refractivity contribution in [1.82, 2.24) is 19.8 Å². The highest BCUT2D eigenvalue weighted by Gasteiger charge is 2.19. The van der Waals surface area contributed by atoms with E-state index in [1.165, 1.54) is 61.6 Å². The van der Waals surface area contributed by atoms with Crippen LogP contribution in [0.25, 0.3) is 0 Å². The number of nitrogens with zero attached hydrogens (tertiary/aromatic N) is 4. The highest BCUT2D eigenvalue weighted by Crippen LogP contribution is 2.18. The van der Waals surface area contributed by atoms with Gasteiger partial charge in [-0.2, -0.15) is 25.3 Å². The summed E-state index contributed by atoms with van der Waals surface area (Å²) in [5.74, 6) is 0. The van der Waals surface area contributed by atoms with Crippen LogP contribution < -0.4 is 0 Å². The largest absolute Gasteiger partial charge is 0.302 e. The Hall–Kier alpha value is -0.600. The lowest BCUT2D eigenvalue weighted by atomic mass is 10.1. The Morgan fingerprint density at radius 2 is 1.86 bits per heavy atom. The summed E-state index contributed by atoms with van der Waals surface area (Å²) in [6.45, 7) is 9.00. The zero-order chi connectivity index (χ0) is 19.8. The average molecular weight is 437 g/mol. The minimum atomic E-state index is 0.595. The number of thiol groups is 2. The van der Waals surface area contributed by atoms with E-state index >= 15 is 0 Å². The number of aromatic nitrogens is 2. The van der Waals surface area contributed by atoms with Crippen molar-refractivity contribution in [1.29, 1.82) is 0 Å². The monoisotopic (exact) mass is 436 g/mol. The Balaban J connectivity index is 0.000000161. The Bertz CT molecular complexity index is 686. The molecule has 0 radical (unpaired) electrons. The second-order valence-electron chi connectivity index (χ2n) is 7.72. The van der Waals surface area contributed by atoms with Gasteiger partial charge in [-0.3, -0.25) is 9.88 Å². The molecule has 4 heterocycles. The molecule has 0 bridgehead atoms. The Morgan fingerprint density at radius 3 is 2.46 bits per heavy atom. The summed E-state index contributed by atoms with van der Waals surface area (Å²) < 4.78 is 0. The van der Waals surface area contributed by atoms with Gasteiger partial charge < -0.3 is 4.90 Å². The number of hydrogen-bond donors (Lipinski definition) is 2. The lowest BCUT2D eigenvalue weighted by Gasteiger charge is -2.29. The molecule has 1 unspecified atom stereocenters. The molecule has 2 aromatic heterocycles. The van der Waals surface area contributed by atoms with Gasteiger partial charge in [0, 0.05) is 47.4 Å². The van der Waals surface area contributed by atoms with E-state index in [-0.39, 0.29) is 0 Å². The fraction of sp³-hybridized carbons (Fsp3) is 0.619. The summed E-state index contributed by atoms with van der Waals surface area (Å²) in [6.07, 6.45) is 8.59. The van der Waals surface area contributed by atoms with Gasteiger partial charge in [-0.05, 0) is 63.9 Å². The zero-order valence-corrected chi connectivity index (χ0v) is 19.3. The van der Waals surface area contributed by atoms with Crippen molar-refractivity contribution >= 4 is 36.6 Å². The molecule has 28 heavy (non-hydrogen) atoms. The molecule has 2 aliphatic rings. The molecule has 1 atom stereocenters. The van der Waals surface area contributed by atoms with Gasteiger partial charge in [-0.15, -0.1) is 11.3 Å². The molecule has 7 heteroatoms. The van der Waals surface area contributed by atoms with E-state index in [4.69, 9.17) is 0 Å². The standard InChI is InChI=1S/C11H16N2S.C10H16N2S2/c14-11-3-6-13(7-4-11)9-10-2-1-5-12-8-10;1-8-10(14-7-11-8)3-5-12-4-2-9(13)6-12/h1-2,5,8,11,14H,3-4,6-7,9H2;7,9,13H,2-6H2,1H3. The predicted octanol–water partition coefficient (Wildman–Crippen LogP) is 3.97. The van der Waals surface area contributed by atoms with E-state index < -0.39 is 0 Å². The van der Waals surface area contributed by atoms with E-state index in [9.17, 15) is 0 Å². The molecule has 0 aromatic carbocycles. The lowest BCUT2D eigenvalue weighted by molar-refractivity contribution is 0.225. The number of thiazole rings is 1. The second kappa shape index (κ2) is 11.6. The number of likely N-dealkylation sites (tertiary alicyclic amines) is 2. The molecule has 2 aromatic rings. The van der Waals surface area contributed by atoms with E-state index in [1.807, 2.05) is 24.0 Å². The maximum absolute atomic E-state index is 4.49. The highest BCUT2D eigenvalue weighted by atomic mass is 32.1. The highest BCUT2D eigenvalue weighted by molar-refractivity contribution is 7.81. The van der Waals surface area contributed by atoms with Crippen molar-refractivity contribution in [3.05, 3.63) is 46.2 Å². The van der Waals surface area contributed by atoms with Crippen LogP contribution in [0.5, 0.6) is 0 Å². The molecule has 0 N–H and O–H groups in total. The first kappa shape index (κ1) is 22.1. The van der Waals surface area contributed by atoms with Crippen LogP contribution in [-0.2, 0) is 13.0 Å². The molecule has 2 aliphatic heterocycles. The summed E-state index contributed by atoms with van der Waals surface area (Å²) in [5.41, 5.74) is 4.46. The smallest absolute Gasteiger partial charge is 0.0797 e. The second-order valence-corrected chi connectivity index (χ2v) is 10.1. The van der Waals surface area contributed by atoms with Crippen LogP contribution in [0.2, 0.25) is 0 Å². The molecule has 0 aliphatic carbocycles. The van der Waals surface area contributed by atoms with E-state index in [0.717, 1.165) is 19.5 Å². The molecular weight excluding hydrogens is 404 g/mol. The third-order valence-corrected chi connectivity index (χ3v) is 7.37. The Labute approximate surface area is 184 Å². The van der Waals surface area contributed by atoms with Gasteiger partial charge in [0.05, 0.1) is 11.2 Å². The third kappa shape index (κ3) is 7.34. The van der Waals surface area contributed by atoms with Crippen LogP contribution in [-0.4, -0.2) is 63.0 Å². The number of pyridine rings is 1. The van der Waals surface area contributed by atoms with Crippen LogP contribution in [0.1, 0.15) is 35.4 Å². The minimum Gasteiger partial charge on any atom is -0.302 e. The summed E-state index contributed by atoms with van der Waals surface area (Å²) in [6, 6.07) is 4.14. The van der Waals surface area contributed by atoms with Crippen molar-refractivity contribution < 1.29 is 0 Å². The molecular formula is C21H32N4S3. The predicted molar refractivity (Wildman–Crippen MR) is 126 cm³/mol. The lowest BCUT2D eigenvalue weighted by Crippen LogP contribution is -2.33. The van der Waals surface area contributed by atoms with Crippen LogP contribution in [0.4, 0.5) is 0 Å². The number of rotatable bonds is 5. The van der Waals surface area contributed by atoms with Crippen molar-refractivity contribution in [2.24, 2.45) is 0 Å². The maximum atomic E-state index is 4.49. The number of hydrogen-bond acceptors (Lipinski definition) is 7. The molecule has 0 amide bonds. The van der Waals surface area contributed by atoms with Crippen molar-refractivity contribution in [2.75, 3.05) is 32.7 Å². The van der Waals surface area contributed by atoms with Gasteiger partial charge >= 0.3 is 0 Å². The van der Waals surface area contributed by atoms with Gasteiger partial charge in [0.25, 0.3) is 0 Å². The molecule has 4 rings (SSSR count). The Morgan fingerprint density at radius 1 is 1.11 bits per heavy atom. The summed E-state index contributed by atoms with van der Waals surface area (Å²) >= 11 is 10.8. The van der Waals surface area contributed by atoms with Gasteiger partial charge in [0.2, 0.25) is 0 Å². The maximum Gasteiger partial charge on any atom is 0.0797 e. The quantitative estimate of drug-likeness (QED) is 0.695. The van der Waals surface area contributed by atoms with E-state index in [0.29, 0.717) is 10.5 Å². The van der Waals surface area contributed by atoms with Crippen molar-refractivity contribution in [3.63, 3.8) is 0 Å². The minimum absolute atomic E-state index is 0.595. The topological polar surface area (TPSA) is 32.3 Å². The van der Waals surface area contributed by atoms with Crippen molar-refractivity contribution in [2.45, 2.75) is 49.7 Å². The van der Waals surface area contributed by atoms with Gasteiger partial charge in [-0.1, -0.05) is 6.07 Å². The van der Waals surface area contributed by atoms with Gasteiger partial charge in [-0.25, -0.2) is 4.98 Å². The molecule has 2 saturated heterocycles. The molecule has 0 spiro atoms. The molecule has 2 fully saturated rings. The van der Waals surface area contributed by atoms with Gasteiger partial charge in [0.15, 0.2) is 0 Å². The molecule has 0 saturated carbocycles. The van der Waals surface area contributed by atoms with Gasteiger partial charge in [0.1, 0.15) is 0 Å². The molecule has 4 nitrogen and oxygen atoms in total. The normalized spacial score (nSPS) is 21.5. The Kier molecular flexibility index (Phi) is 9.11. The fourth-order valence-electron chi connectivity index (χ4n) is 3.67. The van der Waals surface area contributed by atoms with E-state index in [2.05, 4.69) is 58.0 Å². The summed E-state index contributed by atoms with van der Waals surface area (Å²) in [4.78, 5) is 14.8. The molecule has 154 valence electrons. The SMILES string of the molecule is Cc1ncsc1CCN1CCC(S)C1.SC1CCN(Cc2cccnc2)CC1. The van der Waals surface area contributed by atoms with E-state index in [1.54, 1.807) is 11.3 Å². The first-order valence-corrected chi connectivity index (χ1v) is 12.1. The van der Waals surface area contributed by atoms with Crippen LogP contribution in [0.3, 0.4) is 0 Å². The average Bonchev–Trinajstić information content (AvgIpc) is 3.31. The fourth-order valence-corrected chi connectivity index (χ4v) is 5.02. The first-order chi connectivity index (χ1) is 13.6. The summed E-state index contributed by atoms with van der Waals surface area (Å²) in [5, 5.41) is 1.21. The first-order valence-electron chi connectivity index (χ1n) is 10.2. The van der Waals surface area contributed by atoms with Crippen molar-refractivity contribution in [3.8, 4) is 0 Å². The summed E-state index contributed by atoms with van der Waals surface area (Å²) in [7, 11) is 0. The van der Waals surface area contributed by atoms with Crippen LogP contribution in [0, 0.1) is 6.92 Å². The van der Waals surface area contributed by atoms with Crippen LogP contribution >= 0.6 is 36.6 Å². The third-order valence-electron chi connectivity index (χ3n) is 5.43. The number of piperidine rings is 1. The van der Waals surface area contributed by atoms with Crippen LogP contribution in [0.15, 0.2) is 30.0 Å².